The molecule has 12 heavy (non-hydrogen) atoms. The lowest BCUT2D eigenvalue weighted by Crippen LogP contribution is -2.42. The summed E-state index contributed by atoms with van der Waals surface area (Å²) >= 11 is 3.90. The number of aliphatic hydroxyl groups is 3. The van der Waals surface area contributed by atoms with Gasteiger partial charge < -0.3 is 20.1 Å². The summed E-state index contributed by atoms with van der Waals surface area (Å²) in [5, 5.41) is 27.3. The first-order valence-corrected chi connectivity index (χ1v) is 4.36. The number of thiol groups is 1. The SMILES string of the molecule is CCO[C@@H](S)[C@@H](O)C(O)[C@H](C)O. The lowest BCUT2D eigenvalue weighted by atomic mass is 10.1. The van der Waals surface area contributed by atoms with Crippen molar-refractivity contribution in [2.45, 2.75) is 37.6 Å². The molecule has 0 aliphatic heterocycles. The average Bonchev–Trinajstić information content (AvgIpc) is 2.02. The quantitative estimate of drug-likeness (QED) is 0.349. The lowest BCUT2D eigenvalue weighted by molar-refractivity contribution is -0.0909. The molecule has 0 aliphatic rings. The molecule has 4 atom stereocenters. The van der Waals surface area contributed by atoms with Gasteiger partial charge in [-0.1, -0.05) is 0 Å². The van der Waals surface area contributed by atoms with E-state index in [0.29, 0.717) is 6.61 Å². The van der Waals surface area contributed by atoms with Crippen molar-refractivity contribution in [3.05, 3.63) is 0 Å². The Kier molecular flexibility index (Phi) is 5.86. The van der Waals surface area contributed by atoms with Crippen LogP contribution in [0.4, 0.5) is 0 Å². The Morgan fingerprint density at radius 2 is 1.75 bits per heavy atom. The molecule has 0 aromatic heterocycles. The van der Waals surface area contributed by atoms with E-state index < -0.39 is 23.7 Å². The number of rotatable bonds is 5. The molecule has 0 saturated heterocycles. The predicted octanol–water partition coefficient (Wildman–Crippen LogP) is -0.619. The monoisotopic (exact) mass is 196 g/mol. The molecule has 0 radical (unpaired) electrons. The molecule has 0 rings (SSSR count). The molecule has 0 aromatic carbocycles. The zero-order valence-electron chi connectivity index (χ0n) is 7.21. The van der Waals surface area contributed by atoms with Crippen LogP contribution in [0.1, 0.15) is 13.8 Å². The normalized spacial score (nSPS) is 21.5. The molecule has 0 heterocycles. The van der Waals surface area contributed by atoms with Gasteiger partial charge in [0.1, 0.15) is 17.6 Å². The van der Waals surface area contributed by atoms with Crippen LogP contribution in [0.3, 0.4) is 0 Å². The molecule has 0 fully saturated rings. The van der Waals surface area contributed by atoms with Gasteiger partial charge in [-0.25, -0.2) is 0 Å². The third-order valence-electron chi connectivity index (χ3n) is 1.47. The van der Waals surface area contributed by atoms with Gasteiger partial charge in [0, 0.05) is 6.61 Å². The van der Waals surface area contributed by atoms with Crippen molar-refractivity contribution in [1.82, 2.24) is 0 Å². The Morgan fingerprint density at radius 3 is 2.08 bits per heavy atom. The fourth-order valence-corrected chi connectivity index (χ4v) is 1.05. The van der Waals surface area contributed by atoms with Crippen LogP contribution in [0.2, 0.25) is 0 Å². The van der Waals surface area contributed by atoms with E-state index in [1.54, 1.807) is 6.92 Å². The van der Waals surface area contributed by atoms with Crippen LogP contribution in [0.25, 0.3) is 0 Å². The van der Waals surface area contributed by atoms with Crippen molar-refractivity contribution >= 4 is 12.6 Å². The Hall–Kier alpha value is 0.190. The van der Waals surface area contributed by atoms with Gasteiger partial charge in [0.05, 0.1) is 6.10 Å². The fourth-order valence-electron chi connectivity index (χ4n) is 0.723. The summed E-state index contributed by atoms with van der Waals surface area (Å²) in [5.41, 5.74) is -0.764. The molecular formula is C7H16O4S. The predicted molar refractivity (Wildman–Crippen MR) is 48.1 cm³/mol. The minimum Gasteiger partial charge on any atom is -0.391 e. The van der Waals surface area contributed by atoms with Gasteiger partial charge in [-0.3, -0.25) is 0 Å². The summed E-state index contributed by atoms with van der Waals surface area (Å²) in [6.45, 7) is 3.54. The summed E-state index contributed by atoms with van der Waals surface area (Å²) in [6.07, 6.45) is -3.39. The molecule has 0 spiro atoms. The highest BCUT2D eigenvalue weighted by atomic mass is 32.1. The van der Waals surface area contributed by atoms with E-state index >= 15 is 0 Å². The van der Waals surface area contributed by atoms with Crippen LogP contribution < -0.4 is 0 Å². The van der Waals surface area contributed by atoms with Crippen LogP contribution in [-0.4, -0.2) is 45.7 Å². The Morgan fingerprint density at radius 1 is 1.25 bits per heavy atom. The number of hydrogen-bond donors (Lipinski definition) is 4. The van der Waals surface area contributed by atoms with Crippen LogP contribution in [0, 0.1) is 0 Å². The van der Waals surface area contributed by atoms with E-state index in [9.17, 15) is 5.11 Å². The first-order chi connectivity index (χ1) is 5.50. The van der Waals surface area contributed by atoms with E-state index in [0.717, 1.165) is 0 Å². The molecule has 0 bridgehead atoms. The maximum absolute atomic E-state index is 9.28. The van der Waals surface area contributed by atoms with Gasteiger partial charge in [0.15, 0.2) is 0 Å². The second kappa shape index (κ2) is 5.77. The Labute approximate surface area is 77.6 Å². The molecule has 0 aromatic rings. The number of hydrogen-bond acceptors (Lipinski definition) is 5. The van der Waals surface area contributed by atoms with Crippen LogP contribution in [0.15, 0.2) is 0 Å². The van der Waals surface area contributed by atoms with Gasteiger partial charge in [0.25, 0.3) is 0 Å². The second-order valence-corrected chi connectivity index (χ2v) is 3.08. The first kappa shape index (κ1) is 12.2. The van der Waals surface area contributed by atoms with Gasteiger partial charge >= 0.3 is 0 Å². The lowest BCUT2D eigenvalue weighted by Gasteiger charge is -2.24. The fraction of sp³-hybridized carbons (Fsp3) is 1.00. The van der Waals surface area contributed by atoms with Crippen molar-refractivity contribution in [2.75, 3.05) is 6.61 Å². The van der Waals surface area contributed by atoms with E-state index in [1.807, 2.05) is 0 Å². The summed E-state index contributed by atoms with van der Waals surface area (Å²) in [5.74, 6) is 0. The van der Waals surface area contributed by atoms with Crippen molar-refractivity contribution in [2.24, 2.45) is 0 Å². The van der Waals surface area contributed by atoms with Crippen LogP contribution in [0.5, 0.6) is 0 Å². The zero-order chi connectivity index (χ0) is 9.72. The van der Waals surface area contributed by atoms with Crippen molar-refractivity contribution < 1.29 is 20.1 Å². The average molecular weight is 196 g/mol. The molecular weight excluding hydrogens is 180 g/mol. The molecule has 0 amide bonds. The number of aliphatic hydroxyl groups excluding tert-OH is 3. The smallest absolute Gasteiger partial charge is 0.128 e. The van der Waals surface area contributed by atoms with Crippen LogP contribution in [-0.2, 0) is 4.74 Å². The minimum absolute atomic E-state index is 0.401. The van der Waals surface area contributed by atoms with E-state index in [2.05, 4.69) is 12.6 Å². The second-order valence-electron chi connectivity index (χ2n) is 2.57. The highest BCUT2D eigenvalue weighted by molar-refractivity contribution is 7.80. The van der Waals surface area contributed by atoms with Gasteiger partial charge in [0.2, 0.25) is 0 Å². The summed E-state index contributed by atoms with van der Waals surface area (Å²) in [4.78, 5) is 0. The molecule has 74 valence electrons. The molecule has 1 unspecified atom stereocenters. The zero-order valence-corrected chi connectivity index (χ0v) is 8.11. The van der Waals surface area contributed by atoms with Crippen molar-refractivity contribution in [3.63, 3.8) is 0 Å². The Bertz CT molecular complexity index is 120. The van der Waals surface area contributed by atoms with E-state index in [4.69, 9.17) is 14.9 Å². The van der Waals surface area contributed by atoms with Crippen LogP contribution >= 0.6 is 12.6 Å². The Balaban J connectivity index is 3.90. The highest BCUT2D eigenvalue weighted by Gasteiger charge is 2.27. The maximum atomic E-state index is 9.28. The minimum atomic E-state index is -1.22. The summed E-state index contributed by atoms with van der Waals surface area (Å²) in [6, 6.07) is 0. The third kappa shape index (κ3) is 3.73. The van der Waals surface area contributed by atoms with E-state index in [-0.39, 0.29) is 0 Å². The van der Waals surface area contributed by atoms with Crippen molar-refractivity contribution in [3.8, 4) is 0 Å². The van der Waals surface area contributed by atoms with Gasteiger partial charge in [-0.15, -0.1) is 12.6 Å². The van der Waals surface area contributed by atoms with Crippen molar-refractivity contribution in [1.29, 1.82) is 0 Å². The third-order valence-corrected chi connectivity index (χ3v) is 1.93. The molecule has 4 nitrogen and oxygen atoms in total. The van der Waals surface area contributed by atoms with E-state index in [1.165, 1.54) is 6.92 Å². The maximum Gasteiger partial charge on any atom is 0.128 e. The topological polar surface area (TPSA) is 69.9 Å². The number of ether oxygens (including phenoxy) is 1. The van der Waals surface area contributed by atoms with Gasteiger partial charge in [-0.05, 0) is 13.8 Å². The summed E-state index contributed by atoms with van der Waals surface area (Å²) in [7, 11) is 0. The highest BCUT2D eigenvalue weighted by Crippen LogP contribution is 2.10. The standard InChI is InChI=1S/C7H16O4S/c1-3-11-7(12)6(10)5(9)4(2)8/h4-10,12H,3H2,1-2H3/t4-,5?,6-,7-/m0/s1. The molecule has 5 heteroatoms. The van der Waals surface area contributed by atoms with Gasteiger partial charge in [-0.2, -0.15) is 0 Å². The largest absolute Gasteiger partial charge is 0.391 e. The summed E-state index contributed by atoms with van der Waals surface area (Å²) < 4.78 is 4.92. The first-order valence-electron chi connectivity index (χ1n) is 3.84. The molecule has 0 aliphatic carbocycles. The molecule has 3 N–H and O–H groups in total. The molecule has 0 saturated carbocycles.